The number of hydrogen-bond acceptors (Lipinski definition) is 4. The van der Waals surface area contributed by atoms with E-state index in [-0.39, 0.29) is 10.8 Å². The van der Waals surface area contributed by atoms with Crippen molar-refractivity contribution in [2.45, 2.75) is 5.75 Å². The van der Waals surface area contributed by atoms with Crippen molar-refractivity contribution in [2.24, 2.45) is 0 Å². The number of halogens is 2. The second kappa shape index (κ2) is 7.88. The van der Waals surface area contributed by atoms with E-state index < -0.39 is 21.5 Å². The van der Waals surface area contributed by atoms with Crippen molar-refractivity contribution in [2.75, 3.05) is 18.2 Å². The quantitative estimate of drug-likeness (QED) is 0.822. The molecule has 2 rings (SSSR count). The predicted molar refractivity (Wildman–Crippen MR) is 95.6 cm³/mol. The summed E-state index contributed by atoms with van der Waals surface area (Å²) in [4.78, 5) is 12.0. The van der Waals surface area contributed by atoms with Crippen LogP contribution in [0.25, 0.3) is 0 Å². The molecule has 0 aliphatic heterocycles. The topological polar surface area (TPSA) is 72.5 Å². The number of para-hydroxylation sites is 2. The van der Waals surface area contributed by atoms with E-state index in [0.29, 0.717) is 22.0 Å². The molecule has 24 heavy (non-hydrogen) atoms. The first-order valence-corrected chi connectivity index (χ1v) is 9.45. The number of ether oxygens (including phenoxy) is 1. The lowest BCUT2D eigenvalue weighted by atomic mass is 10.2. The molecule has 2 aromatic carbocycles. The van der Waals surface area contributed by atoms with Crippen LogP contribution in [0.1, 0.15) is 5.56 Å². The third-order valence-corrected chi connectivity index (χ3v) is 5.32. The van der Waals surface area contributed by atoms with Crippen LogP contribution in [0.2, 0.25) is 10.0 Å². The van der Waals surface area contributed by atoms with E-state index in [1.165, 1.54) is 19.2 Å². The molecule has 0 saturated carbocycles. The summed E-state index contributed by atoms with van der Waals surface area (Å²) in [6.45, 7) is 0. The number of methoxy groups -OCH3 is 1. The normalized spacial score (nSPS) is 11.1. The van der Waals surface area contributed by atoms with Crippen LogP contribution >= 0.6 is 23.2 Å². The van der Waals surface area contributed by atoms with Crippen LogP contribution in [0.5, 0.6) is 5.75 Å². The lowest BCUT2D eigenvalue weighted by molar-refractivity contribution is -0.113. The molecule has 1 amide bonds. The van der Waals surface area contributed by atoms with E-state index in [0.717, 1.165) is 0 Å². The summed E-state index contributed by atoms with van der Waals surface area (Å²) in [7, 11) is -2.19. The Hall–Kier alpha value is -1.76. The average molecular weight is 388 g/mol. The average Bonchev–Trinajstić information content (AvgIpc) is 2.50. The molecular formula is C16H15Cl2NO4S. The molecule has 0 aliphatic carbocycles. The summed E-state index contributed by atoms with van der Waals surface area (Å²) in [5.41, 5.74) is 0.879. The van der Waals surface area contributed by atoms with Crippen LogP contribution in [0.4, 0.5) is 5.69 Å². The zero-order chi connectivity index (χ0) is 17.7. The standard InChI is InChI=1S/C16H15Cl2NO4S/c1-23-15-5-3-2-4-14(15)19-16(20)10-24(21,22)9-11-6-7-12(17)13(18)8-11/h2-8H,9-10H2,1H3,(H,19,20). The maximum absolute atomic E-state index is 12.2. The van der Waals surface area contributed by atoms with Crippen LogP contribution in [-0.4, -0.2) is 27.2 Å². The number of carbonyl (C=O) groups is 1. The fourth-order valence-corrected chi connectivity index (χ4v) is 3.65. The van der Waals surface area contributed by atoms with Gasteiger partial charge in [-0.15, -0.1) is 0 Å². The van der Waals surface area contributed by atoms with Crippen LogP contribution in [0, 0.1) is 0 Å². The highest BCUT2D eigenvalue weighted by Gasteiger charge is 2.19. The molecule has 0 heterocycles. The molecule has 0 bridgehead atoms. The molecule has 8 heteroatoms. The van der Waals surface area contributed by atoms with Gasteiger partial charge in [-0.1, -0.05) is 41.4 Å². The van der Waals surface area contributed by atoms with E-state index in [1.54, 1.807) is 30.3 Å². The first-order valence-electron chi connectivity index (χ1n) is 6.88. The van der Waals surface area contributed by atoms with Crippen molar-refractivity contribution in [3.05, 3.63) is 58.1 Å². The summed E-state index contributed by atoms with van der Waals surface area (Å²) in [5.74, 6) is -1.14. The van der Waals surface area contributed by atoms with Crippen molar-refractivity contribution in [1.82, 2.24) is 0 Å². The fraction of sp³-hybridized carbons (Fsp3) is 0.188. The van der Waals surface area contributed by atoms with Crippen LogP contribution in [0.15, 0.2) is 42.5 Å². The second-order valence-electron chi connectivity index (χ2n) is 5.03. The van der Waals surface area contributed by atoms with Gasteiger partial charge in [0.05, 0.1) is 28.6 Å². The number of rotatable bonds is 6. The lowest BCUT2D eigenvalue weighted by Crippen LogP contribution is -2.24. The van der Waals surface area contributed by atoms with Gasteiger partial charge >= 0.3 is 0 Å². The van der Waals surface area contributed by atoms with Gasteiger partial charge in [0.1, 0.15) is 11.5 Å². The fourth-order valence-electron chi connectivity index (χ4n) is 2.07. The van der Waals surface area contributed by atoms with Crippen molar-refractivity contribution < 1.29 is 17.9 Å². The molecule has 0 aromatic heterocycles. The molecule has 0 unspecified atom stereocenters. The smallest absolute Gasteiger partial charge is 0.239 e. The molecule has 0 fully saturated rings. The Labute approximate surface area is 150 Å². The number of sulfone groups is 1. The molecule has 0 spiro atoms. The number of anilines is 1. The Morgan fingerprint density at radius 3 is 2.50 bits per heavy atom. The Morgan fingerprint density at radius 1 is 1.12 bits per heavy atom. The van der Waals surface area contributed by atoms with Crippen LogP contribution < -0.4 is 10.1 Å². The molecule has 5 nitrogen and oxygen atoms in total. The molecule has 0 saturated heterocycles. The van der Waals surface area contributed by atoms with Gasteiger partial charge < -0.3 is 10.1 Å². The molecule has 0 radical (unpaired) electrons. The Balaban J connectivity index is 2.05. The molecular weight excluding hydrogens is 373 g/mol. The van der Waals surface area contributed by atoms with E-state index in [1.807, 2.05) is 0 Å². The number of carbonyl (C=O) groups excluding carboxylic acids is 1. The van der Waals surface area contributed by atoms with Crippen LogP contribution in [0.3, 0.4) is 0 Å². The van der Waals surface area contributed by atoms with Gasteiger partial charge in [0.2, 0.25) is 5.91 Å². The highest BCUT2D eigenvalue weighted by molar-refractivity contribution is 7.91. The third-order valence-electron chi connectivity index (χ3n) is 3.10. The van der Waals surface area contributed by atoms with Crippen molar-refractivity contribution in [3.63, 3.8) is 0 Å². The zero-order valence-electron chi connectivity index (χ0n) is 12.8. The van der Waals surface area contributed by atoms with E-state index >= 15 is 0 Å². The Bertz CT molecular complexity index is 853. The van der Waals surface area contributed by atoms with E-state index in [2.05, 4.69) is 5.32 Å². The van der Waals surface area contributed by atoms with Gasteiger partial charge in [0.25, 0.3) is 0 Å². The van der Waals surface area contributed by atoms with Crippen molar-refractivity contribution in [3.8, 4) is 5.75 Å². The number of benzene rings is 2. The highest BCUT2D eigenvalue weighted by atomic mass is 35.5. The van der Waals surface area contributed by atoms with Gasteiger partial charge in [0, 0.05) is 0 Å². The van der Waals surface area contributed by atoms with Crippen LogP contribution in [-0.2, 0) is 20.4 Å². The zero-order valence-corrected chi connectivity index (χ0v) is 15.1. The monoisotopic (exact) mass is 387 g/mol. The number of hydrogen-bond donors (Lipinski definition) is 1. The van der Waals surface area contributed by atoms with Crippen molar-refractivity contribution in [1.29, 1.82) is 0 Å². The minimum atomic E-state index is -3.66. The summed E-state index contributed by atoms with van der Waals surface area (Å²) in [5, 5.41) is 3.14. The van der Waals surface area contributed by atoms with Gasteiger partial charge in [-0.05, 0) is 29.8 Å². The lowest BCUT2D eigenvalue weighted by Gasteiger charge is -2.10. The number of nitrogens with one attached hydrogen (secondary N) is 1. The predicted octanol–water partition coefficient (Wildman–Crippen LogP) is 3.56. The first kappa shape index (κ1) is 18.6. The van der Waals surface area contributed by atoms with Gasteiger partial charge in [-0.25, -0.2) is 8.42 Å². The molecule has 128 valence electrons. The Kier molecular flexibility index (Phi) is 6.10. The molecule has 1 N–H and O–H groups in total. The summed E-state index contributed by atoms with van der Waals surface area (Å²) in [6.07, 6.45) is 0. The SMILES string of the molecule is COc1ccccc1NC(=O)CS(=O)(=O)Cc1ccc(Cl)c(Cl)c1. The van der Waals surface area contributed by atoms with Gasteiger partial charge in [-0.2, -0.15) is 0 Å². The maximum Gasteiger partial charge on any atom is 0.239 e. The largest absolute Gasteiger partial charge is 0.495 e. The number of amides is 1. The molecule has 0 aliphatic rings. The summed E-state index contributed by atoms with van der Waals surface area (Å²) < 4.78 is 29.5. The molecule has 2 aromatic rings. The van der Waals surface area contributed by atoms with E-state index in [4.69, 9.17) is 27.9 Å². The third kappa shape index (κ3) is 5.12. The summed E-state index contributed by atoms with van der Waals surface area (Å²) in [6, 6.07) is 11.3. The first-order chi connectivity index (χ1) is 11.3. The second-order valence-corrected chi connectivity index (χ2v) is 7.91. The highest BCUT2D eigenvalue weighted by Crippen LogP contribution is 2.24. The van der Waals surface area contributed by atoms with Crippen molar-refractivity contribution >= 4 is 44.6 Å². The Morgan fingerprint density at radius 2 is 1.83 bits per heavy atom. The molecule has 0 atom stereocenters. The van der Waals surface area contributed by atoms with E-state index in [9.17, 15) is 13.2 Å². The maximum atomic E-state index is 12.2. The summed E-state index contributed by atoms with van der Waals surface area (Å²) >= 11 is 11.7. The minimum Gasteiger partial charge on any atom is -0.495 e. The minimum absolute atomic E-state index is 0.267. The van der Waals surface area contributed by atoms with Gasteiger partial charge in [0.15, 0.2) is 9.84 Å². The van der Waals surface area contributed by atoms with Gasteiger partial charge in [-0.3, -0.25) is 4.79 Å².